The summed E-state index contributed by atoms with van der Waals surface area (Å²) in [7, 11) is 3.07. The fraction of sp³-hybridized carbons (Fsp3) is 0.333. The van der Waals surface area contributed by atoms with Crippen molar-refractivity contribution in [1.82, 2.24) is 10.1 Å². The molecule has 1 aliphatic rings. The molecule has 2 amide bonds. The van der Waals surface area contributed by atoms with Crippen LogP contribution in [0, 0.1) is 0 Å². The molecule has 9 nitrogen and oxygen atoms in total. The largest absolute Gasteiger partial charge is 0.493 e. The minimum Gasteiger partial charge on any atom is -0.493 e. The van der Waals surface area contributed by atoms with Crippen LogP contribution in [0.5, 0.6) is 11.5 Å². The van der Waals surface area contributed by atoms with E-state index in [-0.39, 0.29) is 31.3 Å². The molecule has 0 radical (unpaired) electrons. The summed E-state index contributed by atoms with van der Waals surface area (Å²) in [5, 5.41) is 3.85. The van der Waals surface area contributed by atoms with Crippen LogP contribution in [0.3, 0.4) is 0 Å². The van der Waals surface area contributed by atoms with Gasteiger partial charge < -0.3 is 18.7 Å². The van der Waals surface area contributed by atoms with E-state index in [1.54, 1.807) is 31.4 Å². The van der Waals surface area contributed by atoms with E-state index in [4.69, 9.17) is 18.7 Å². The van der Waals surface area contributed by atoms with Gasteiger partial charge in [-0.2, -0.15) is 0 Å². The zero-order chi connectivity index (χ0) is 19.4. The van der Waals surface area contributed by atoms with Crippen molar-refractivity contribution in [2.75, 3.05) is 20.8 Å². The van der Waals surface area contributed by atoms with Crippen LogP contribution in [-0.2, 0) is 25.7 Å². The predicted molar refractivity (Wildman–Crippen MR) is 90.8 cm³/mol. The summed E-state index contributed by atoms with van der Waals surface area (Å²) < 4.78 is 20.8. The van der Waals surface area contributed by atoms with Crippen LogP contribution in [0.4, 0.5) is 0 Å². The summed E-state index contributed by atoms with van der Waals surface area (Å²) in [5.41, 5.74) is 1.11. The number of hydrogen-bond acceptors (Lipinski definition) is 8. The van der Waals surface area contributed by atoms with Gasteiger partial charge in [-0.15, -0.1) is 0 Å². The molecule has 3 rings (SSSR count). The third-order valence-electron chi connectivity index (χ3n) is 4.05. The molecule has 0 spiro atoms. The van der Waals surface area contributed by atoms with Crippen LogP contribution < -0.4 is 9.47 Å². The summed E-state index contributed by atoms with van der Waals surface area (Å²) in [5.74, 6) is 0.171. The Morgan fingerprint density at radius 1 is 1.11 bits per heavy atom. The summed E-state index contributed by atoms with van der Waals surface area (Å²) >= 11 is 0. The van der Waals surface area contributed by atoms with Gasteiger partial charge in [0.05, 0.1) is 14.2 Å². The van der Waals surface area contributed by atoms with Crippen LogP contribution in [0.1, 0.15) is 18.5 Å². The summed E-state index contributed by atoms with van der Waals surface area (Å²) in [4.78, 5) is 35.7. The Morgan fingerprint density at radius 3 is 2.48 bits per heavy atom. The molecule has 0 atom stereocenters. The second kappa shape index (κ2) is 7.90. The molecule has 2 aromatic rings. The predicted octanol–water partition coefficient (Wildman–Crippen LogP) is 1.55. The van der Waals surface area contributed by atoms with Gasteiger partial charge in [0.2, 0.25) is 11.8 Å². The Morgan fingerprint density at radius 2 is 1.81 bits per heavy atom. The first-order valence-electron chi connectivity index (χ1n) is 8.18. The van der Waals surface area contributed by atoms with E-state index < -0.39 is 12.5 Å². The molecule has 2 heterocycles. The molecule has 0 saturated carbocycles. The first-order valence-corrected chi connectivity index (χ1v) is 8.18. The number of aromatic nitrogens is 1. The molecule has 0 bridgehead atoms. The smallest absolute Gasteiger partial charge is 0.326 e. The molecule has 1 fully saturated rings. The zero-order valence-corrected chi connectivity index (χ0v) is 14.9. The average molecular weight is 374 g/mol. The highest BCUT2D eigenvalue weighted by molar-refractivity contribution is 6.04. The van der Waals surface area contributed by atoms with E-state index in [0.29, 0.717) is 28.5 Å². The van der Waals surface area contributed by atoms with E-state index in [9.17, 15) is 14.4 Å². The van der Waals surface area contributed by atoms with Crippen molar-refractivity contribution < 1.29 is 33.1 Å². The number of imide groups is 1. The van der Waals surface area contributed by atoms with Crippen molar-refractivity contribution in [3.05, 3.63) is 30.0 Å². The maximum absolute atomic E-state index is 11.8. The Balaban J connectivity index is 1.60. The number of methoxy groups -OCH3 is 2. The van der Waals surface area contributed by atoms with Crippen molar-refractivity contribution in [3.63, 3.8) is 0 Å². The van der Waals surface area contributed by atoms with E-state index in [1.165, 1.54) is 7.11 Å². The van der Waals surface area contributed by atoms with Gasteiger partial charge >= 0.3 is 5.97 Å². The van der Waals surface area contributed by atoms with Crippen LogP contribution >= 0.6 is 0 Å². The summed E-state index contributed by atoms with van der Waals surface area (Å²) in [6, 6.07) is 6.88. The molecule has 27 heavy (non-hydrogen) atoms. The Kier molecular flexibility index (Phi) is 5.39. The van der Waals surface area contributed by atoms with Gasteiger partial charge in [-0.1, -0.05) is 5.16 Å². The molecule has 0 N–H and O–H groups in total. The number of benzene rings is 1. The normalized spacial score (nSPS) is 13.8. The second-order valence-electron chi connectivity index (χ2n) is 5.79. The number of ether oxygens (including phenoxy) is 3. The topological polar surface area (TPSA) is 108 Å². The lowest BCUT2D eigenvalue weighted by molar-refractivity contribution is -0.153. The van der Waals surface area contributed by atoms with Gasteiger partial charge in [0.15, 0.2) is 17.3 Å². The van der Waals surface area contributed by atoms with Gasteiger partial charge in [0.1, 0.15) is 18.8 Å². The number of likely N-dealkylation sites (tertiary alicyclic amines) is 1. The van der Waals surface area contributed by atoms with Gasteiger partial charge in [0, 0.05) is 24.5 Å². The first-order chi connectivity index (χ1) is 13.0. The quantitative estimate of drug-likeness (QED) is 0.531. The molecular weight excluding hydrogens is 356 g/mol. The standard InChI is InChI=1S/C18H18N2O7/c1-24-13-4-3-11(7-15(13)25-2)14-8-12(19-27-14)10-26-18(23)9-20-16(21)5-6-17(20)22/h3-4,7-8H,5-6,9-10H2,1-2H3. The minimum absolute atomic E-state index is 0.129. The molecule has 1 aromatic carbocycles. The first kappa shape index (κ1) is 18.4. The minimum atomic E-state index is -0.686. The lowest BCUT2D eigenvalue weighted by Gasteiger charge is -2.12. The number of carbonyl (C=O) groups excluding carboxylic acids is 3. The number of rotatable bonds is 7. The van der Waals surface area contributed by atoms with Gasteiger partial charge in [-0.25, -0.2) is 0 Å². The van der Waals surface area contributed by atoms with Crippen molar-refractivity contribution in [1.29, 1.82) is 0 Å². The van der Waals surface area contributed by atoms with Crippen molar-refractivity contribution in [3.8, 4) is 22.8 Å². The van der Waals surface area contributed by atoms with E-state index in [2.05, 4.69) is 5.16 Å². The fourth-order valence-electron chi connectivity index (χ4n) is 2.63. The zero-order valence-electron chi connectivity index (χ0n) is 14.9. The van der Waals surface area contributed by atoms with Gasteiger partial charge in [0.25, 0.3) is 0 Å². The monoisotopic (exact) mass is 374 g/mol. The van der Waals surface area contributed by atoms with Crippen LogP contribution in [-0.4, -0.2) is 48.6 Å². The Labute approximate surface area is 154 Å². The fourth-order valence-corrected chi connectivity index (χ4v) is 2.63. The third kappa shape index (κ3) is 4.08. The molecular formula is C18H18N2O7. The molecule has 0 unspecified atom stereocenters. The summed E-state index contributed by atoms with van der Waals surface area (Å²) in [6.45, 7) is -0.524. The highest BCUT2D eigenvalue weighted by Gasteiger charge is 2.30. The number of hydrogen-bond donors (Lipinski definition) is 0. The molecule has 1 aromatic heterocycles. The number of carbonyl (C=O) groups is 3. The van der Waals surface area contributed by atoms with Gasteiger partial charge in [-0.3, -0.25) is 19.3 Å². The number of esters is 1. The van der Waals surface area contributed by atoms with Crippen molar-refractivity contribution in [2.24, 2.45) is 0 Å². The maximum Gasteiger partial charge on any atom is 0.326 e. The molecule has 1 saturated heterocycles. The SMILES string of the molecule is COc1ccc(-c2cc(COC(=O)CN3C(=O)CCC3=O)no2)cc1OC. The Bertz CT molecular complexity index is 858. The Hall–Kier alpha value is -3.36. The van der Waals surface area contributed by atoms with E-state index in [1.807, 2.05) is 0 Å². The second-order valence-corrected chi connectivity index (χ2v) is 5.79. The average Bonchev–Trinajstić information content (AvgIpc) is 3.28. The number of nitrogens with zero attached hydrogens (tertiary/aromatic N) is 2. The van der Waals surface area contributed by atoms with Crippen LogP contribution in [0.2, 0.25) is 0 Å². The molecule has 142 valence electrons. The van der Waals surface area contributed by atoms with Crippen molar-refractivity contribution >= 4 is 17.8 Å². The van der Waals surface area contributed by atoms with Crippen LogP contribution in [0.25, 0.3) is 11.3 Å². The highest BCUT2D eigenvalue weighted by Crippen LogP contribution is 2.32. The lowest BCUT2D eigenvalue weighted by atomic mass is 10.1. The highest BCUT2D eigenvalue weighted by atomic mass is 16.5. The third-order valence-corrected chi connectivity index (χ3v) is 4.05. The molecule has 1 aliphatic heterocycles. The van der Waals surface area contributed by atoms with Crippen molar-refractivity contribution in [2.45, 2.75) is 19.4 Å². The lowest BCUT2D eigenvalue weighted by Crippen LogP contribution is -2.35. The number of amides is 2. The molecule has 9 heteroatoms. The molecule has 0 aliphatic carbocycles. The van der Waals surface area contributed by atoms with Crippen LogP contribution in [0.15, 0.2) is 28.8 Å². The van der Waals surface area contributed by atoms with E-state index >= 15 is 0 Å². The summed E-state index contributed by atoms with van der Waals surface area (Å²) in [6.07, 6.45) is 0.258. The maximum atomic E-state index is 11.8. The van der Waals surface area contributed by atoms with E-state index in [0.717, 1.165) is 4.90 Å². The van der Waals surface area contributed by atoms with Gasteiger partial charge in [-0.05, 0) is 18.2 Å².